The number of aromatic nitrogens is 1. The minimum atomic E-state index is -0.673. The number of amides is 2. The number of non-ortho nitro benzene ring substituents is 1. The minimum absolute atomic E-state index is 0.0123. The summed E-state index contributed by atoms with van der Waals surface area (Å²) in [4.78, 5) is 49.5. The topological polar surface area (TPSA) is 141 Å². The van der Waals surface area contributed by atoms with Crippen LogP contribution in [0.25, 0.3) is 0 Å². The number of carbonyl (C=O) groups excluding carboxylic acids is 3. The van der Waals surface area contributed by atoms with Crippen LogP contribution < -0.4 is 10.9 Å². The number of hydrogen-bond acceptors (Lipinski definition) is 9. The molecule has 28 heavy (non-hydrogen) atoms. The second-order valence-corrected chi connectivity index (χ2v) is 7.27. The highest BCUT2D eigenvalue weighted by molar-refractivity contribution is 8.01. The molecular weight excluding hydrogens is 408 g/mol. The van der Waals surface area contributed by atoms with Gasteiger partial charge < -0.3 is 4.74 Å². The molecule has 12 heteroatoms. The molecule has 148 valence electrons. The maximum absolute atomic E-state index is 11.9. The maximum atomic E-state index is 11.9. The van der Waals surface area contributed by atoms with E-state index in [1.807, 2.05) is 0 Å². The van der Waals surface area contributed by atoms with Gasteiger partial charge in [0.1, 0.15) is 0 Å². The molecule has 0 radical (unpaired) electrons. The first-order valence-corrected chi connectivity index (χ1v) is 9.82. The Morgan fingerprint density at radius 2 is 2.11 bits per heavy atom. The van der Waals surface area contributed by atoms with E-state index in [-0.39, 0.29) is 29.4 Å². The third-order valence-electron chi connectivity index (χ3n) is 3.12. The van der Waals surface area contributed by atoms with E-state index < -0.39 is 16.7 Å². The summed E-state index contributed by atoms with van der Waals surface area (Å²) in [5, 5.41) is 12.4. The molecule has 0 fully saturated rings. The van der Waals surface area contributed by atoms with E-state index in [0.29, 0.717) is 16.6 Å². The van der Waals surface area contributed by atoms with Crippen LogP contribution in [0.1, 0.15) is 23.0 Å². The Morgan fingerprint density at radius 3 is 2.82 bits per heavy atom. The van der Waals surface area contributed by atoms with Gasteiger partial charge in [-0.1, -0.05) is 17.8 Å². The molecule has 2 N–H and O–H groups in total. The summed E-state index contributed by atoms with van der Waals surface area (Å²) in [5.41, 5.74) is 4.81. The molecule has 0 saturated heterocycles. The Labute approximate surface area is 167 Å². The van der Waals surface area contributed by atoms with Crippen molar-refractivity contribution in [3.05, 3.63) is 51.0 Å². The normalized spacial score (nSPS) is 10.2. The van der Waals surface area contributed by atoms with Gasteiger partial charge in [-0.25, -0.2) is 4.98 Å². The number of ether oxygens (including phenoxy) is 1. The van der Waals surface area contributed by atoms with E-state index in [0.717, 1.165) is 17.8 Å². The summed E-state index contributed by atoms with van der Waals surface area (Å²) in [7, 11) is 0. The Balaban J connectivity index is 1.78. The summed E-state index contributed by atoms with van der Waals surface area (Å²) in [6, 6.07) is 5.14. The van der Waals surface area contributed by atoms with Crippen LogP contribution in [-0.4, -0.2) is 40.1 Å². The van der Waals surface area contributed by atoms with Crippen molar-refractivity contribution in [3.63, 3.8) is 0 Å². The fourth-order valence-corrected chi connectivity index (χ4v) is 3.56. The molecule has 0 unspecified atom stereocenters. The average molecular weight is 424 g/mol. The SMILES string of the molecule is CCOC(=O)Cc1csc(SCC(=O)NNC(=O)c2cccc([N+](=O)[O-])c2)n1. The van der Waals surface area contributed by atoms with E-state index in [2.05, 4.69) is 15.8 Å². The van der Waals surface area contributed by atoms with Crippen molar-refractivity contribution in [3.8, 4) is 0 Å². The molecule has 0 atom stereocenters. The smallest absolute Gasteiger partial charge is 0.311 e. The fourth-order valence-electron chi connectivity index (χ4n) is 1.92. The number of benzene rings is 1. The van der Waals surface area contributed by atoms with E-state index in [9.17, 15) is 24.5 Å². The number of hydrogen-bond donors (Lipinski definition) is 2. The quantitative estimate of drug-likeness (QED) is 0.282. The zero-order chi connectivity index (χ0) is 20.5. The number of nitro groups is 1. The number of carbonyl (C=O) groups is 3. The van der Waals surface area contributed by atoms with E-state index in [1.54, 1.807) is 12.3 Å². The van der Waals surface area contributed by atoms with Crippen molar-refractivity contribution in [2.24, 2.45) is 0 Å². The summed E-state index contributed by atoms with van der Waals surface area (Å²) in [5.74, 6) is -1.54. The molecule has 1 heterocycles. The number of esters is 1. The van der Waals surface area contributed by atoms with Crippen LogP contribution in [0.3, 0.4) is 0 Å². The van der Waals surface area contributed by atoms with Gasteiger partial charge in [0.15, 0.2) is 4.34 Å². The van der Waals surface area contributed by atoms with Crippen LogP contribution in [0.4, 0.5) is 5.69 Å². The first-order valence-electron chi connectivity index (χ1n) is 7.95. The number of rotatable bonds is 8. The van der Waals surface area contributed by atoms with E-state index in [4.69, 9.17) is 4.74 Å². The Bertz CT molecular complexity index is 886. The predicted molar refractivity (Wildman–Crippen MR) is 102 cm³/mol. The first-order chi connectivity index (χ1) is 13.4. The number of hydrazine groups is 1. The highest BCUT2D eigenvalue weighted by atomic mass is 32.2. The van der Waals surface area contributed by atoms with Gasteiger partial charge in [0.05, 0.1) is 29.4 Å². The number of thiazole rings is 1. The first kappa shape index (κ1) is 21.3. The minimum Gasteiger partial charge on any atom is -0.466 e. The van der Waals surface area contributed by atoms with Crippen molar-refractivity contribution in [1.82, 2.24) is 15.8 Å². The van der Waals surface area contributed by atoms with Crippen LogP contribution in [0, 0.1) is 10.1 Å². The number of nitro benzene ring substituents is 1. The number of nitrogens with one attached hydrogen (secondary N) is 2. The lowest BCUT2D eigenvalue weighted by atomic mass is 10.2. The van der Waals surface area contributed by atoms with Crippen molar-refractivity contribution in [2.75, 3.05) is 12.4 Å². The molecule has 0 aliphatic carbocycles. The predicted octanol–water partition coefficient (Wildman–Crippen LogP) is 1.71. The van der Waals surface area contributed by atoms with Gasteiger partial charge in [-0.05, 0) is 13.0 Å². The Kier molecular flexibility index (Phi) is 7.89. The molecule has 0 saturated carbocycles. The highest BCUT2D eigenvalue weighted by Gasteiger charge is 2.13. The zero-order valence-electron chi connectivity index (χ0n) is 14.7. The fraction of sp³-hybridized carbons (Fsp3) is 0.250. The van der Waals surface area contributed by atoms with Gasteiger partial charge in [-0.2, -0.15) is 0 Å². The van der Waals surface area contributed by atoms with Gasteiger partial charge >= 0.3 is 5.97 Å². The molecule has 0 bridgehead atoms. The van der Waals surface area contributed by atoms with E-state index >= 15 is 0 Å². The van der Waals surface area contributed by atoms with Gasteiger partial charge in [0.2, 0.25) is 5.91 Å². The molecule has 1 aromatic heterocycles. The van der Waals surface area contributed by atoms with Crippen LogP contribution in [0.15, 0.2) is 34.0 Å². The van der Waals surface area contributed by atoms with Gasteiger partial charge in [0, 0.05) is 23.1 Å². The van der Waals surface area contributed by atoms with Crippen LogP contribution in [0.5, 0.6) is 0 Å². The summed E-state index contributed by atoms with van der Waals surface area (Å²) in [6.45, 7) is 2.02. The molecule has 2 amide bonds. The van der Waals surface area contributed by atoms with Crippen molar-refractivity contribution in [1.29, 1.82) is 0 Å². The lowest BCUT2D eigenvalue weighted by Crippen LogP contribution is -2.42. The van der Waals surface area contributed by atoms with Crippen molar-refractivity contribution in [2.45, 2.75) is 17.7 Å². The second-order valence-electron chi connectivity index (χ2n) is 5.18. The van der Waals surface area contributed by atoms with Crippen molar-refractivity contribution < 1.29 is 24.0 Å². The second kappa shape index (κ2) is 10.4. The Hall–Kier alpha value is -2.99. The molecule has 2 aromatic rings. The molecule has 0 spiro atoms. The summed E-state index contributed by atoms with van der Waals surface area (Å²) in [6.07, 6.45) is 0.0658. The van der Waals surface area contributed by atoms with Crippen LogP contribution >= 0.6 is 23.1 Å². The van der Waals surface area contributed by atoms with Gasteiger partial charge in [-0.15, -0.1) is 11.3 Å². The Morgan fingerprint density at radius 1 is 1.32 bits per heavy atom. The van der Waals surface area contributed by atoms with Gasteiger partial charge in [-0.3, -0.25) is 35.3 Å². The van der Waals surface area contributed by atoms with E-state index in [1.165, 1.54) is 29.5 Å². The largest absolute Gasteiger partial charge is 0.466 e. The summed E-state index contributed by atoms with van der Waals surface area (Å²) >= 11 is 2.44. The highest BCUT2D eigenvalue weighted by Crippen LogP contribution is 2.22. The standard InChI is InChI=1S/C16H16N4O6S2/c1-2-26-14(22)7-11-8-27-16(17-11)28-9-13(21)18-19-15(23)10-4-3-5-12(6-10)20(24)25/h3-6,8H,2,7,9H2,1H3,(H,18,21)(H,19,23). The molecular formula is C16H16N4O6S2. The molecule has 10 nitrogen and oxygen atoms in total. The molecule has 1 aromatic carbocycles. The lowest BCUT2D eigenvalue weighted by Gasteiger charge is -2.06. The molecule has 0 aliphatic heterocycles. The third-order valence-corrected chi connectivity index (χ3v) is 5.19. The summed E-state index contributed by atoms with van der Waals surface area (Å²) < 4.78 is 5.44. The van der Waals surface area contributed by atoms with Gasteiger partial charge in [0.25, 0.3) is 11.6 Å². The zero-order valence-corrected chi connectivity index (χ0v) is 16.3. The van der Waals surface area contributed by atoms with Crippen LogP contribution in [-0.2, 0) is 20.7 Å². The third kappa shape index (κ3) is 6.63. The average Bonchev–Trinajstić information content (AvgIpc) is 3.11. The number of nitrogens with zero attached hydrogens (tertiary/aromatic N) is 2. The number of thioether (sulfide) groups is 1. The van der Waals surface area contributed by atoms with Crippen molar-refractivity contribution >= 4 is 46.6 Å². The lowest BCUT2D eigenvalue weighted by molar-refractivity contribution is -0.384. The monoisotopic (exact) mass is 424 g/mol. The maximum Gasteiger partial charge on any atom is 0.311 e. The molecule has 2 rings (SSSR count). The van der Waals surface area contributed by atoms with Crippen LogP contribution in [0.2, 0.25) is 0 Å². The molecule has 0 aliphatic rings.